The zero-order valence-electron chi connectivity index (χ0n) is 12.1. The number of carboxylic acid groups (broad SMARTS) is 1. The highest BCUT2D eigenvalue weighted by atomic mass is 16.4. The van der Waals surface area contributed by atoms with E-state index in [1.165, 1.54) is 0 Å². The third kappa shape index (κ3) is 4.78. The fraction of sp³-hybridized carbons (Fsp3) is 0.500. The summed E-state index contributed by atoms with van der Waals surface area (Å²) in [5, 5.41) is 8.89. The fourth-order valence-electron chi connectivity index (χ4n) is 2.43. The molecule has 1 rings (SSSR count). The molecule has 2 unspecified atom stereocenters. The predicted molar refractivity (Wildman–Crippen MR) is 78.3 cm³/mol. The van der Waals surface area contributed by atoms with Crippen molar-refractivity contribution in [1.82, 2.24) is 0 Å². The number of hydrogen-bond donors (Lipinski definition) is 2. The van der Waals surface area contributed by atoms with Crippen molar-refractivity contribution in [3.05, 3.63) is 35.9 Å². The Morgan fingerprint density at radius 2 is 1.85 bits per heavy atom. The molecule has 0 saturated heterocycles. The topological polar surface area (TPSA) is 80.4 Å². The molecule has 0 saturated carbocycles. The van der Waals surface area contributed by atoms with Gasteiger partial charge in [0.2, 0.25) is 0 Å². The van der Waals surface area contributed by atoms with Crippen LogP contribution < -0.4 is 5.73 Å². The fourth-order valence-corrected chi connectivity index (χ4v) is 2.43. The lowest BCUT2D eigenvalue weighted by Crippen LogP contribution is -2.35. The van der Waals surface area contributed by atoms with E-state index in [0.717, 1.165) is 5.56 Å². The van der Waals surface area contributed by atoms with E-state index in [9.17, 15) is 9.59 Å². The standard InChI is InChI=1S/C16H23NO3/c1-3-15(18)13(10-12-7-5-4-6-8-12)11(2)9-14(17)16(19)20/h4-8,11,13-14H,3,9-10,17H2,1-2H3,(H,19,20)/t11?,13?,14-/m0/s1. The highest BCUT2D eigenvalue weighted by Gasteiger charge is 2.27. The Morgan fingerprint density at radius 1 is 1.25 bits per heavy atom. The average molecular weight is 277 g/mol. The minimum atomic E-state index is -1.01. The van der Waals surface area contributed by atoms with Crippen molar-refractivity contribution >= 4 is 11.8 Å². The Morgan fingerprint density at radius 3 is 2.35 bits per heavy atom. The number of rotatable bonds is 8. The molecule has 0 fully saturated rings. The summed E-state index contributed by atoms with van der Waals surface area (Å²) in [6.07, 6.45) is 1.42. The summed E-state index contributed by atoms with van der Waals surface area (Å²) >= 11 is 0. The van der Waals surface area contributed by atoms with Crippen molar-refractivity contribution < 1.29 is 14.7 Å². The minimum Gasteiger partial charge on any atom is -0.480 e. The number of ketones is 1. The first-order chi connectivity index (χ1) is 9.45. The van der Waals surface area contributed by atoms with Crippen LogP contribution in [0.15, 0.2) is 30.3 Å². The van der Waals surface area contributed by atoms with Crippen LogP contribution in [0.2, 0.25) is 0 Å². The van der Waals surface area contributed by atoms with Gasteiger partial charge < -0.3 is 10.8 Å². The zero-order chi connectivity index (χ0) is 15.1. The maximum Gasteiger partial charge on any atom is 0.320 e. The lowest BCUT2D eigenvalue weighted by atomic mass is 9.80. The van der Waals surface area contributed by atoms with Crippen molar-refractivity contribution in [3.63, 3.8) is 0 Å². The van der Waals surface area contributed by atoms with Crippen molar-refractivity contribution in [1.29, 1.82) is 0 Å². The van der Waals surface area contributed by atoms with Crippen LogP contribution in [0.25, 0.3) is 0 Å². The smallest absolute Gasteiger partial charge is 0.320 e. The summed E-state index contributed by atoms with van der Waals surface area (Å²) in [4.78, 5) is 23.0. The summed E-state index contributed by atoms with van der Waals surface area (Å²) in [6.45, 7) is 3.74. The normalized spacial score (nSPS) is 15.3. The third-order valence-corrected chi connectivity index (χ3v) is 3.69. The second-order valence-electron chi connectivity index (χ2n) is 5.27. The summed E-state index contributed by atoms with van der Waals surface area (Å²) in [7, 11) is 0. The van der Waals surface area contributed by atoms with E-state index in [4.69, 9.17) is 10.8 Å². The maximum absolute atomic E-state index is 12.1. The molecule has 0 aliphatic carbocycles. The molecular formula is C16H23NO3. The van der Waals surface area contributed by atoms with E-state index in [-0.39, 0.29) is 17.6 Å². The van der Waals surface area contributed by atoms with E-state index in [2.05, 4.69) is 0 Å². The summed E-state index contributed by atoms with van der Waals surface area (Å²) in [6, 6.07) is 8.88. The molecule has 3 N–H and O–H groups in total. The zero-order valence-corrected chi connectivity index (χ0v) is 12.1. The van der Waals surface area contributed by atoms with Gasteiger partial charge in [-0.2, -0.15) is 0 Å². The van der Waals surface area contributed by atoms with E-state index in [1.807, 2.05) is 44.2 Å². The Balaban J connectivity index is 2.78. The monoisotopic (exact) mass is 277 g/mol. The van der Waals surface area contributed by atoms with Gasteiger partial charge >= 0.3 is 5.97 Å². The number of nitrogens with two attached hydrogens (primary N) is 1. The van der Waals surface area contributed by atoms with Gasteiger partial charge in [0, 0.05) is 12.3 Å². The van der Waals surface area contributed by atoms with Crippen LogP contribution in [0.5, 0.6) is 0 Å². The molecule has 0 aromatic heterocycles. The highest BCUT2D eigenvalue weighted by Crippen LogP contribution is 2.23. The molecule has 0 heterocycles. The first kappa shape index (κ1) is 16.4. The molecule has 1 aromatic rings. The molecular weight excluding hydrogens is 254 g/mol. The molecule has 0 aliphatic rings. The molecule has 4 heteroatoms. The van der Waals surface area contributed by atoms with Crippen molar-refractivity contribution in [2.45, 2.75) is 39.2 Å². The van der Waals surface area contributed by atoms with Gasteiger partial charge in [-0.3, -0.25) is 9.59 Å². The van der Waals surface area contributed by atoms with Crippen LogP contribution in [-0.2, 0) is 16.0 Å². The quantitative estimate of drug-likeness (QED) is 0.763. The maximum atomic E-state index is 12.1. The lowest BCUT2D eigenvalue weighted by molar-refractivity contribution is -0.139. The van der Waals surface area contributed by atoms with Gasteiger partial charge in [0.05, 0.1) is 0 Å². The number of hydrogen-bond acceptors (Lipinski definition) is 3. The predicted octanol–water partition coefficient (Wildman–Crippen LogP) is 2.26. The Bertz CT molecular complexity index is 444. The first-order valence-corrected chi connectivity index (χ1v) is 7.00. The number of aliphatic carboxylic acids is 1. The van der Waals surface area contributed by atoms with Gasteiger partial charge in [0.1, 0.15) is 11.8 Å². The third-order valence-electron chi connectivity index (χ3n) is 3.69. The molecule has 0 aliphatic heterocycles. The molecule has 0 amide bonds. The van der Waals surface area contributed by atoms with Gasteiger partial charge in [0.15, 0.2) is 0 Å². The Hall–Kier alpha value is -1.68. The van der Waals surface area contributed by atoms with Gasteiger partial charge in [-0.1, -0.05) is 44.2 Å². The van der Waals surface area contributed by atoms with Crippen LogP contribution in [0.4, 0.5) is 0 Å². The summed E-state index contributed by atoms with van der Waals surface area (Å²) < 4.78 is 0. The van der Waals surface area contributed by atoms with E-state index in [1.54, 1.807) is 0 Å². The number of carboxylic acids is 1. The molecule has 3 atom stereocenters. The lowest BCUT2D eigenvalue weighted by Gasteiger charge is -2.24. The van der Waals surface area contributed by atoms with Crippen molar-refractivity contribution in [3.8, 4) is 0 Å². The first-order valence-electron chi connectivity index (χ1n) is 7.00. The number of benzene rings is 1. The van der Waals surface area contributed by atoms with Gasteiger partial charge in [-0.15, -0.1) is 0 Å². The largest absolute Gasteiger partial charge is 0.480 e. The molecule has 20 heavy (non-hydrogen) atoms. The van der Waals surface area contributed by atoms with E-state index >= 15 is 0 Å². The number of carbonyl (C=O) groups is 2. The van der Waals surface area contributed by atoms with Crippen LogP contribution >= 0.6 is 0 Å². The summed E-state index contributed by atoms with van der Waals surface area (Å²) in [5.41, 5.74) is 6.67. The van der Waals surface area contributed by atoms with Crippen molar-refractivity contribution in [2.24, 2.45) is 17.6 Å². The molecule has 0 spiro atoms. The Labute approximate surface area is 120 Å². The van der Waals surface area contributed by atoms with Crippen LogP contribution in [0, 0.1) is 11.8 Å². The van der Waals surface area contributed by atoms with Crippen molar-refractivity contribution in [2.75, 3.05) is 0 Å². The molecule has 0 bridgehead atoms. The van der Waals surface area contributed by atoms with Crippen LogP contribution in [0.3, 0.4) is 0 Å². The highest BCUT2D eigenvalue weighted by molar-refractivity contribution is 5.81. The van der Waals surface area contributed by atoms with Crippen LogP contribution in [-0.4, -0.2) is 22.9 Å². The SMILES string of the molecule is CCC(=O)C(Cc1ccccc1)C(C)C[C@H](N)C(=O)O. The summed E-state index contributed by atoms with van der Waals surface area (Å²) in [5.74, 6) is -1.07. The number of carbonyl (C=O) groups excluding carboxylic acids is 1. The second kappa shape index (κ2) is 7.80. The van der Waals surface area contributed by atoms with E-state index < -0.39 is 12.0 Å². The molecule has 1 aromatic carbocycles. The van der Waals surface area contributed by atoms with Gasteiger partial charge in [0.25, 0.3) is 0 Å². The molecule has 4 nitrogen and oxygen atoms in total. The van der Waals surface area contributed by atoms with Gasteiger partial charge in [-0.25, -0.2) is 0 Å². The van der Waals surface area contributed by atoms with Crippen LogP contribution in [0.1, 0.15) is 32.3 Å². The molecule has 110 valence electrons. The Kier molecular flexibility index (Phi) is 6.39. The molecule has 0 radical (unpaired) electrons. The van der Waals surface area contributed by atoms with Gasteiger partial charge in [-0.05, 0) is 24.3 Å². The number of Topliss-reactive ketones (excluding diaryl/α,β-unsaturated/α-hetero) is 1. The second-order valence-corrected chi connectivity index (χ2v) is 5.27. The van der Waals surface area contributed by atoms with E-state index in [0.29, 0.717) is 19.3 Å². The minimum absolute atomic E-state index is 0.0474. The average Bonchev–Trinajstić information content (AvgIpc) is 2.44.